The van der Waals surface area contributed by atoms with Crippen molar-refractivity contribution in [2.24, 2.45) is 0 Å². The fourth-order valence-corrected chi connectivity index (χ4v) is 1.68. The maximum Gasteiger partial charge on any atom is 0.303 e. The lowest BCUT2D eigenvalue weighted by Crippen LogP contribution is -2.30. The van der Waals surface area contributed by atoms with Crippen LogP contribution in [0.3, 0.4) is 0 Å². The molecule has 0 unspecified atom stereocenters. The third-order valence-corrected chi connectivity index (χ3v) is 2.96. The van der Waals surface area contributed by atoms with Crippen molar-refractivity contribution in [2.75, 3.05) is 27.3 Å². The Hall–Kier alpha value is -2.24. The van der Waals surface area contributed by atoms with Gasteiger partial charge in [-0.05, 0) is 30.7 Å². The van der Waals surface area contributed by atoms with E-state index in [1.54, 1.807) is 43.3 Å². The second-order valence-corrected chi connectivity index (χ2v) is 4.59. The van der Waals surface area contributed by atoms with E-state index in [2.05, 4.69) is 0 Å². The number of likely N-dealkylation sites (N-methyl/N-ethyl adjacent to an activating group) is 1. The molecule has 0 spiro atoms. The molecule has 0 aliphatic heterocycles. The number of hydrogen-bond donors (Lipinski definition) is 1. The molecule has 0 saturated carbocycles. The van der Waals surface area contributed by atoms with Crippen molar-refractivity contribution in [2.45, 2.75) is 19.3 Å². The Morgan fingerprint density at radius 2 is 1.76 bits per heavy atom. The molecule has 1 aromatic rings. The highest BCUT2D eigenvalue weighted by molar-refractivity contribution is 5.76. The van der Waals surface area contributed by atoms with Crippen LogP contribution in [0.25, 0.3) is 0 Å². The summed E-state index contributed by atoms with van der Waals surface area (Å²) in [6.45, 7) is 0.839. The Balaban J connectivity index is 2.23. The van der Waals surface area contributed by atoms with Gasteiger partial charge < -0.3 is 19.5 Å². The summed E-state index contributed by atoms with van der Waals surface area (Å²) in [4.78, 5) is 23.6. The fraction of sp³-hybridized carbons (Fsp3) is 0.467. The van der Waals surface area contributed by atoms with E-state index < -0.39 is 5.97 Å². The third kappa shape index (κ3) is 6.65. The number of benzene rings is 1. The van der Waals surface area contributed by atoms with Crippen LogP contribution in [0.1, 0.15) is 19.3 Å². The molecule has 0 radical (unpaired) electrons. The first-order valence-electron chi connectivity index (χ1n) is 6.75. The SMILES string of the molecule is COc1ccc(OCCN(C)C(=O)CCCC(=O)O)cc1. The number of carbonyl (C=O) groups is 2. The van der Waals surface area contributed by atoms with Gasteiger partial charge in [-0.15, -0.1) is 0 Å². The number of methoxy groups -OCH3 is 1. The summed E-state index contributed by atoms with van der Waals surface area (Å²) in [6.07, 6.45) is 0.616. The first-order valence-corrected chi connectivity index (χ1v) is 6.75. The lowest BCUT2D eigenvalue weighted by Gasteiger charge is -2.17. The molecule has 1 amide bonds. The van der Waals surface area contributed by atoms with E-state index in [4.69, 9.17) is 14.6 Å². The van der Waals surface area contributed by atoms with Gasteiger partial charge in [-0.25, -0.2) is 0 Å². The largest absolute Gasteiger partial charge is 0.497 e. The minimum atomic E-state index is -0.881. The number of rotatable bonds is 9. The van der Waals surface area contributed by atoms with Crippen molar-refractivity contribution in [1.29, 1.82) is 0 Å². The molecule has 0 saturated heterocycles. The van der Waals surface area contributed by atoms with Crippen molar-refractivity contribution >= 4 is 11.9 Å². The van der Waals surface area contributed by atoms with E-state index in [-0.39, 0.29) is 18.7 Å². The number of aliphatic carboxylic acids is 1. The van der Waals surface area contributed by atoms with E-state index in [0.29, 0.717) is 25.3 Å². The Labute approximate surface area is 124 Å². The highest BCUT2D eigenvalue weighted by atomic mass is 16.5. The van der Waals surface area contributed by atoms with Crippen LogP contribution < -0.4 is 9.47 Å². The maximum atomic E-state index is 11.7. The molecule has 1 aromatic carbocycles. The average molecular weight is 295 g/mol. The Morgan fingerprint density at radius 3 is 2.33 bits per heavy atom. The van der Waals surface area contributed by atoms with Gasteiger partial charge in [0.25, 0.3) is 0 Å². The number of carboxylic acids is 1. The number of amides is 1. The minimum absolute atomic E-state index is 0.0158. The van der Waals surface area contributed by atoms with Crippen LogP contribution >= 0.6 is 0 Å². The molecule has 1 rings (SSSR count). The van der Waals surface area contributed by atoms with Crippen LogP contribution in [-0.4, -0.2) is 49.2 Å². The second-order valence-electron chi connectivity index (χ2n) is 4.59. The molecule has 0 bridgehead atoms. The van der Waals surface area contributed by atoms with Gasteiger partial charge in [0, 0.05) is 19.9 Å². The molecule has 6 heteroatoms. The van der Waals surface area contributed by atoms with Crippen LogP contribution in [0.5, 0.6) is 11.5 Å². The lowest BCUT2D eigenvalue weighted by atomic mass is 10.2. The molecule has 0 fully saturated rings. The normalized spacial score (nSPS) is 10.0. The summed E-state index contributed by atoms with van der Waals surface area (Å²) in [5.41, 5.74) is 0. The minimum Gasteiger partial charge on any atom is -0.497 e. The maximum absolute atomic E-state index is 11.7. The van der Waals surface area contributed by atoms with Gasteiger partial charge in [0.15, 0.2) is 0 Å². The van der Waals surface area contributed by atoms with Crippen molar-refractivity contribution in [3.8, 4) is 11.5 Å². The molecule has 1 N–H and O–H groups in total. The Kier molecular flexibility index (Phi) is 7.08. The fourth-order valence-electron chi connectivity index (χ4n) is 1.68. The molecular weight excluding hydrogens is 274 g/mol. The molecule has 0 aliphatic carbocycles. The van der Waals surface area contributed by atoms with Crippen LogP contribution in [0.4, 0.5) is 0 Å². The van der Waals surface area contributed by atoms with E-state index >= 15 is 0 Å². The zero-order chi connectivity index (χ0) is 15.7. The zero-order valence-electron chi connectivity index (χ0n) is 12.4. The molecule has 0 atom stereocenters. The zero-order valence-corrected chi connectivity index (χ0v) is 12.4. The Morgan fingerprint density at radius 1 is 1.14 bits per heavy atom. The molecule has 6 nitrogen and oxygen atoms in total. The number of hydrogen-bond acceptors (Lipinski definition) is 4. The standard InChI is InChI=1S/C15H21NO5/c1-16(14(17)4-3-5-15(18)19)10-11-21-13-8-6-12(20-2)7-9-13/h6-9H,3-5,10-11H2,1-2H3,(H,18,19). The number of carboxylic acid groups (broad SMARTS) is 1. The van der Waals surface area contributed by atoms with Gasteiger partial charge in [0.2, 0.25) is 5.91 Å². The van der Waals surface area contributed by atoms with Gasteiger partial charge in [0.1, 0.15) is 18.1 Å². The summed E-state index contributed by atoms with van der Waals surface area (Å²) in [5.74, 6) is 0.512. The molecule has 116 valence electrons. The summed E-state index contributed by atoms with van der Waals surface area (Å²) < 4.78 is 10.6. The number of nitrogens with zero attached hydrogens (tertiary/aromatic N) is 1. The summed E-state index contributed by atoms with van der Waals surface area (Å²) in [5, 5.41) is 8.52. The summed E-state index contributed by atoms with van der Waals surface area (Å²) in [7, 11) is 3.28. The third-order valence-electron chi connectivity index (χ3n) is 2.96. The Bertz CT molecular complexity index is 458. The first kappa shape index (κ1) is 16.8. The van der Waals surface area contributed by atoms with Gasteiger partial charge >= 0.3 is 5.97 Å². The van der Waals surface area contributed by atoms with Crippen LogP contribution in [0.2, 0.25) is 0 Å². The summed E-state index contributed by atoms with van der Waals surface area (Å²) >= 11 is 0. The van der Waals surface area contributed by atoms with Gasteiger partial charge in [0.05, 0.1) is 13.7 Å². The predicted octanol–water partition coefficient (Wildman–Crippen LogP) is 1.79. The van der Waals surface area contributed by atoms with E-state index in [0.717, 1.165) is 5.75 Å². The van der Waals surface area contributed by atoms with Crippen LogP contribution in [0.15, 0.2) is 24.3 Å². The predicted molar refractivity (Wildman–Crippen MR) is 77.6 cm³/mol. The van der Waals surface area contributed by atoms with Crippen molar-refractivity contribution in [1.82, 2.24) is 4.90 Å². The quantitative estimate of drug-likeness (QED) is 0.751. The molecule has 0 heterocycles. The molecular formula is C15H21NO5. The van der Waals surface area contributed by atoms with Crippen LogP contribution in [-0.2, 0) is 9.59 Å². The molecule has 0 aliphatic rings. The van der Waals surface area contributed by atoms with Crippen molar-refractivity contribution in [3.05, 3.63) is 24.3 Å². The van der Waals surface area contributed by atoms with Gasteiger partial charge in [-0.3, -0.25) is 9.59 Å². The van der Waals surface area contributed by atoms with Crippen molar-refractivity contribution < 1.29 is 24.2 Å². The summed E-state index contributed by atoms with van der Waals surface area (Å²) in [6, 6.07) is 7.20. The molecule has 0 aromatic heterocycles. The number of ether oxygens (including phenoxy) is 2. The monoisotopic (exact) mass is 295 g/mol. The van der Waals surface area contributed by atoms with E-state index in [9.17, 15) is 9.59 Å². The highest BCUT2D eigenvalue weighted by Crippen LogP contribution is 2.16. The van der Waals surface area contributed by atoms with E-state index in [1.807, 2.05) is 0 Å². The average Bonchev–Trinajstić information content (AvgIpc) is 2.47. The first-order chi connectivity index (χ1) is 10.0. The lowest BCUT2D eigenvalue weighted by molar-refractivity contribution is -0.137. The number of carbonyl (C=O) groups excluding carboxylic acids is 1. The van der Waals surface area contributed by atoms with E-state index in [1.165, 1.54) is 0 Å². The highest BCUT2D eigenvalue weighted by Gasteiger charge is 2.09. The van der Waals surface area contributed by atoms with Crippen molar-refractivity contribution in [3.63, 3.8) is 0 Å². The molecule has 21 heavy (non-hydrogen) atoms. The topological polar surface area (TPSA) is 76.1 Å². The second kappa shape index (κ2) is 8.84. The van der Waals surface area contributed by atoms with Gasteiger partial charge in [-0.2, -0.15) is 0 Å². The van der Waals surface area contributed by atoms with Crippen LogP contribution in [0, 0.1) is 0 Å². The van der Waals surface area contributed by atoms with Gasteiger partial charge in [-0.1, -0.05) is 0 Å². The smallest absolute Gasteiger partial charge is 0.303 e.